The Morgan fingerprint density at radius 3 is 2.50 bits per heavy atom. The summed E-state index contributed by atoms with van der Waals surface area (Å²) in [6, 6.07) is 1.08. The van der Waals surface area contributed by atoms with Crippen LogP contribution in [0.3, 0.4) is 0 Å². The first kappa shape index (κ1) is 13.0. The second kappa shape index (κ2) is 4.86. The van der Waals surface area contributed by atoms with Gasteiger partial charge in [-0.15, -0.1) is 0 Å². The number of halogens is 3. The van der Waals surface area contributed by atoms with E-state index in [-0.39, 0.29) is 0 Å². The zero-order valence-corrected chi connectivity index (χ0v) is 9.60. The second-order valence-electron chi connectivity index (χ2n) is 4.17. The minimum Gasteiger partial charge on any atom is -0.311 e. The fraction of sp³-hybridized carbons (Fsp3) is 0.700. The maximum absolute atomic E-state index is 12.3. The van der Waals surface area contributed by atoms with Gasteiger partial charge in [0.05, 0.1) is 5.69 Å². The summed E-state index contributed by atoms with van der Waals surface area (Å²) in [6.45, 7) is 5.25. The van der Waals surface area contributed by atoms with Crippen molar-refractivity contribution in [3.63, 3.8) is 0 Å². The molecule has 0 aromatic carbocycles. The third kappa shape index (κ3) is 3.52. The Morgan fingerprint density at radius 2 is 2.06 bits per heavy atom. The molecule has 0 amide bonds. The number of nitrogens with one attached hydrogen (secondary N) is 1. The molecule has 0 saturated carbocycles. The molecule has 0 saturated heterocycles. The molecular formula is C10H16F3N3. The van der Waals surface area contributed by atoms with Crippen LogP contribution in [0.4, 0.5) is 13.2 Å². The second-order valence-corrected chi connectivity index (χ2v) is 4.17. The van der Waals surface area contributed by atoms with Gasteiger partial charge in [-0.3, -0.25) is 4.68 Å². The lowest BCUT2D eigenvalue weighted by atomic mass is 10.2. The van der Waals surface area contributed by atoms with E-state index >= 15 is 0 Å². The number of nitrogens with zero attached hydrogens (tertiary/aromatic N) is 2. The van der Waals surface area contributed by atoms with Gasteiger partial charge in [-0.25, -0.2) is 0 Å². The van der Waals surface area contributed by atoms with E-state index in [4.69, 9.17) is 0 Å². The van der Waals surface area contributed by atoms with Crippen molar-refractivity contribution in [2.24, 2.45) is 13.0 Å². The molecule has 0 fully saturated rings. The zero-order valence-electron chi connectivity index (χ0n) is 9.60. The van der Waals surface area contributed by atoms with Crippen molar-refractivity contribution >= 4 is 0 Å². The third-order valence-electron chi connectivity index (χ3n) is 2.13. The molecule has 1 N–H and O–H groups in total. The predicted octanol–water partition coefficient (Wildman–Crippen LogP) is 2.18. The van der Waals surface area contributed by atoms with Crippen LogP contribution in [0, 0.1) is 5.92 Å². The molecule has 3 nitrogen and oxygen atoms in total. The predicted molar refractivity (Wildman–Crippen MR) is 54.8 cm³/mol. The molecular weight excluding hydrogens is 219 g/mol. The van der Waals surface area contributed by atoms with E-state index in [1.165, 1.54) is 11.7 Å². The molecule has 0 aliphatic carbocycles. The van der Waals surface area contributed by atoms with Gasteiger partial charge in [0.1, 0.15) is 0 Å². The largest absolute Gasteiger partial charge is 0.435 e. The van der Waals surface area contributed by atoms with Gasteiger partial charge in [-0.05, 0) is 18.5 Å². The van der Waals surface area contributed by atoms with Crippen LogP contribution in [-0.2, 0) is 19.8 Å². The third-order valence-corrected chi connectivity index (χ3v) is 2.13. The van der Waals surface area contributed by atoms with Gasteiger partial charge in [-0.1, -0.05) is 13.8 Å². The van der Waals surface area contributed by atoms with Gasteiger partial charge in [0, 0.05) is 13.6 Å². The van der Waals surface area contributed by atoms with Crippen LogP contribution in [-0.4, -0.2) is 16.3 Å². The summed E-state index contributed by atoms with van der Waals surface area (Å²) < 4.78 is 38.3. The smallest absolute Gasteiger partial charge is 0.311 e. The van der Waals surface area contributed by atoms with Crippen molar-refractivity contribution in [1.82, 2.24) is 15.1 Å². The van der Waals surface area contributed by atoms with Crippen LogP contribution in [0.1, 0.15) is 25.2 Å². The number of aryl methyl sites for hydroxylation is 1. The van der Waals surface area contributed by atoms with Crippen molar-refractivity contribution in [2.45, 2.75) is 26.6 Å². The molecule has 6 heteroatoms. The van der Waals surface area contributed by atoms with Gasteiger partial charge in [0.2, 0.25) is 0 Å². The highest BCUT2D eigenvalue weighted by Gasteiger charge is 2.34. The summed E-state index contributed by atoms with van der Waals surface area (Å²) in [4.78, 5) is 0. The van der Waals surface area contributed by atoms with Crippen LogP contribution < -0.4 is 5.32 Å². The normalized spacial score (nSPS) is 12.4. The van der Waals surface area contributed by atoms with Crippen molar-refractivity contribution in [3.8, 4) is 0 Å². The van der Waals surface area contributed by atoms with Crippen LogP contribution >= 0.6 is 0 Å². The van der Waals surface area contributed by atoms with Crippen molar-refractivity contribution in [3.05, 3.63) is 17.5 Å². The first-order valence-corrected chi connectivity index (χ1v) is 5.11. The molecule has 0 radical (unpaired) electrons. The summed E-state index contributed by atoms with van der Waals surface area (Å²) in [5.74, 6) is 0.468. The van der Waals surface area contributed by atoms with E-state index in [0.717, 1.165) is 12.6 Å². The lowest BCUT2D eigenvalue weighted by molar-refractivity contribution is -0.141. The Morgan fingerprint density at radius 1 is 1.44 bits per heavy atom. The molecule has 0 atom stereocenters. The zero-order chi connectivity index (χ0) is 12.3. The SMILES string of the molecule is CC(C)CNCc1cc(C(F)(F)F)nn1C. The van der Waals surface area contributed by atoms with Crippen molar-refractivity contribution in [1.29, 1.82) is 0 Å². The van der Waals surface area contributed by atoms with E-state index < -0.39 is 11.9 Å². The molecule has 0 unspecified atom stereocenters. The van der Waals surface area contributed by atoms with E-state index in [2.05, 4.69) is 10.4 Å². The monoisotopic (exact) mass is 235 g/mol. The summed E-state index contributed by atoms with van der Waals surface area (Å²) in [5, 5.41) is 6.51. The molecule has 1 heterocycles. The van der Waals surface area contributed by atoms with Crippen LogP contribution in [0.25, 0.3) is 0 Å². The number of hydrogen-bond donors (Lipinski definition) is 1. The minimum atomic E-state index is -4.37. The summed E-state index contributed by atoms with van der Waals surface area (Å²) in [6.07, 6.45) is -4.37. The first-order valence-electron chi connectivity index (χ1n) is 5.11. The summed E-state index contributed by atoms with van der Waals surface area (Å²) >= 11 is 0. The molecule has 0 aliphatic rings. The van der Waals surface area contributed by atoms with Crippen LogP contribution in [0.5, 0.6) is 0 Å². The van der Waals surface area contributed by atoms with E-state index in [1.807, 2.05) is 13.8 Å². The molecule has 1 aromatic heterocycles. The molecule has 1 aromatic rings. The highest BCUT2D eigenvalue weighted by atomic mass is 19.4. The summed E-state index contributed by atoms with van der Waals surface area (Å²) in [7, 11) is 1.52. The summed E-state index contributed by atoms with van der Waals surface area (Å²) in [5.41, 5.74) is -0.302. The maximum Gasteiger partial charge on any atom is 0.435 e. The van der Waals surface area contributed by atoms with Crippen molar-refractivity contribution < 1.29 is 13.2 Å². The lowest BCUT2D eigenvalue weighted by Crippen LogP contribution is -2.20. The van der Waals surface area contributed by atoms with Gasteiger partial charge >= 0.3 is 6.18 Å². The Labute approximate surface area is 92.6 Å². The Hall–Kier alpha value is -1.04. The van der Waals surface area contributed by atoms with Gasteiger partial charge in [-0.2, -0.15) is 18.3 Å². The van der Waals surface area contributed by atoms with Gasteiger partial charge < -0.3 is 5.32 Å². The average Bonchev–Trinajstić information content (AvgIpc) is 2.46. The van der Waals surface area contributed by atoms with Crippen molar-refractivity contribution in [2.75, 3.05) is 6.54 Å². The number of rotatable bonds is 4. The number of alkyl halides is 3. The Balaban J connectivity index is 2.64. The number of aromatic nitrogens is 2. The lowest BCUT2D eigenvalue weighted by Gasteiger charge is -2.06. The fourth-order valence-corrected chi connectivity index (χ4v) is 1.30. The molecule has 92 valence electrons. The quantitative estimate of drug-likeness (QED) is 0.867. The Kier molecular flexibility index (Phi) is 3.96. The number of hydrogen-bond acceptors (Lipinski definition) is 2. The fourth-order valence-electron chi connectivity index (χ4n) is 1.30. The molecule has 16 heavy (non-hydrogen) atoms. The molecule has 0 aliphatic heterocycles. The Bertz CT molecular complexity index is 342. The molecule has 0 spiro atoms. The first-order chi connectivity index (χ1) is 7.30. The highest BCUT2D eigenvalue weighted by molar-refractivity contribution is 5.12. The van der Waals surface area contributed by atoms with Crippen LogP contribution in [0.2, 0.25) is 0 Å². The maximum atomic E-state index is 12.3. The standard InChI is InChI=1S/C10H16F3N3/c1-7(2)5-14-6-8-4-9(10(11,12)13)15-16(8)3/h4,7,14H,5-6H2,1-3H3. The average molecular weight is 235 g/mol. The van der Waals surface area contributed by atoms with Crippen LogP contribution in [0.15, 0.2) is 6.07 Å². The van der Waals surface area contributed by atoms with E-state index in [9.17, 15) is 13.2 Å². The van der Waals surface area contributed by atoms with Gasteiger partial charge in [0.25, 0.3) is 0 Å². The van der Waals surface area contributed by atoms with Gasteiger partial charge in [0.15, 0.2) is 5.69 Å². The minimum absolute atomic E-state index is 0.401. The van der Waals surface area contributed by atoms with E-state index in [1.54, 1.807) is 0 Å². The molecule has 1 rings (SSSR count). The topological polar surface area (TPSA) is 29.9 Å². The molecule has 0 bridgehead atoms. The highest BCUT2D eigenvalue weighted by Crippen LogP contribution is 2.28. The van der Waals surface area contributed by atoms with E-state index in [0.29, 0.717) is 18.2 Å².